The van der Waals surface area contributed by atoms with Crippen LogP contribution in [0.1, 0.15) is 26.8 Å². The summed E-state index contributed by atoms with van der Waals surface area (Å²) in [6.45, 7) is -0.410. The molecule has 0 saturated heterocycles. The normalized spacial score (nSPS) is 11.6. The van der Waals surface area contributed by atoms with Crippen molar-refractivity contribution in [2.75, 3.05) is 6.61 Å². The molecule has 0 aliphatic heterocycles. The van der Waals surface area contributed by atoms with Crippen molar-refractivity contribution in [3.05, 3.63) is 92.1 Å². The summed E-state index contributed by atoms with van der Waals surface area (Å²) in [7, 11) is 0. The fourth-order valence-corrected chi connectivity index (χ4v) is 3.77. The van der Waals surface area contributed by atoms with E-state index in [1.807, 2.05) is 47.8 Å². The van der Waals surface area contributed by atoms with E-state index in [1.54, 1.807) is 0 Å². The molecule has 0 radical (unpaired) electrons. The number of amides is 1. The summed E-state index contributed by atoms with van der Waals surface area (Å²) in [6, 6.07) is 17.6. The second kappa shape index (κ2) is 9.04. The van der Waals surface area contributed by atoms with Gasteiger partial charge in [-0.25, -0.2) is 4.79 Å². The number of carbonyl (C=O) groups is 2. The van der Waals surface area contributed by atoms with Crippen LogP contribution in [-0.2, 0) is 9.53 Å². The zero-order valence-corrected chi connectivity index (χ0v) is 16.4. The van der Waals surface area contributed by atoms with Gasteiger partial charge < -0.3 is 10.1 Å². The van der Waals surface area contributed by atoms with Crippen LogP contribution in [0.5, 0.6) is 0 Å². The van der Waals surface area contributed by atoms with Gasteiger partial charge in [0, 0.05) is 9.90 Å². The molecule has 0 spiro atoms. The lowest BCUT2D eigenvalue weighted by atomic mass is 10.1. The third-order valence-electron chi connectivity index (χ3n) is 3.75. The molecule has 1 atom stereocenters. The largest absolute Gasteiger partial charge is 0.452 e. The minimum atomic E-state index is -0.681. The predicted molar refractivity (Wildman–Crippen MR) is 107 cm³/mol. The summed E-state index contributed by atoms with van der Waals surface area (Å²) < 4.78 is 5.09. The van der Waals surface area contributed by atoms with E-state index in [0.717, 1.165) is 10.4 Å². The molecule has 1 amide bonds. The van der Waals surface area contributed by atoms with Crippen molar-refractivity contribution in [3.8, 4) is 0 Å². The van der Waals surface area contributed by atoms with Crippen molar-refractivity contribution in [2.45, 2.75) is 6.04 Å². The molecule has 3 rings (SSSR count). The number of ether oxygens (including phenoxy) is 1. The van der Waals surface area contributed by atoms with Gasteiger partial charge in [0.1, 0.15) is 0 Å². The molecule has 1 aromatic heterocycles. The smallest absolute Gasteiger partial charge is 0.340 e. The Morgan fingerprint density at radius 1 is 1.04 bits per heavy atom. The van der Waals surface area contributed by atoms with Crippen LogP contribution in [0.25, 0.3) is 0 Å². The first kappa shape index (κ1) is 19.4. The second-order valence-corrected chi connectivity index (χ2v) is 7.45. The van der Waals surface area contributed by atoms with Gasteiger partial charge in [0.25, 0.3) is 5.91 Å². The van der Waals surface area contributed by atoms with E-state index in [2.05, 4.69) is 5.32 Å². The molecule has 1 N–H and O–H groups in total. The summed E-state index contributed by atoms with van der Waals surface area (Å²) in [4.78, 5) is 25.5. The second-order valence-electron chi connectivity index (χ2n) is 5.63. The van der Waals surface area contributed by atoms with E-state index in [1.165, 1.54) is 29.5 Å². The van der Waals surface area contributed by atoms with Gasteiger partial charge in [-0.15, -0.1) is 11.3 Å². The summed E-state index contributed by atoms with van der Waals surface area (Å²) in [5.41, 5.74) is 1.10. The van der Waals surface area contributed by atoms with E-state index in [9.17, 15) is 9.59 Å². The van der Waals surface area contributed by atoms with Gasteiger partial charge in [-0.2, -0.15) is 0 Å². The van der Waals surface area contributed by atoms with E-state index >= 15 is 0 Å². The van der Waals surface area contributed by atoms with Crippen LogP contribution in [0.15, 0.2) is 66.0 Å². The molecule has 4 nitrogen and oxygen atoms in total. The fourth-order valence-electron chi connectivity index (χ4n) is 2.49. The average molecular weight is 420 g/mol. The zero-order valence-electron chi connectivity index (χ0n) is 14.0. The third-order valence-corrected chi connectivity index (χ3v) is 5.24. The lowest BCUT2D eigenvalue weighted by Gasteiger charge is -2.18. The highest BCUT2D eigenvalue weighted by Crippen LogP contribution is 2.26. The zero-order chi connectivity index (χ0) is 19.2. The van der Waals surface area contributed by atoms with Crippen LogP contribution in [0.3, 0.4) is 0 Å². The molecule has 0 bridgehead atoms. The van der Waals surface area contributed by atoms with E-state index < -0.39 is 18.5 Å². The Kier molecular flexibility index (Phi) is 6.50. The van der Waals surface area contributed by atoms with Gasteiger partial charge in [0.15, 0.2) is 6.61 Å². The number of nitrogens with one attached hydrogen (secondary N) is 1. The Morgan fingerprint density at radius 2 is 1.81 bits per heavy atom. The molecule has 7 heteroatoms. The maximum Gasteiger partial charge on any atom is 0.340 e. The van der Waals surface area contributed by atoms with Crippen LogP contribution in [-0.4, -0.2) is 18.5 Å². The first-order valence-corrected chi connectivity index (χ1v) is 9.68. The molecule has 1 unspecified atom stereocenters. The number of carbonyl (C=O) groups excluding carboxylic acids is 2. The van der Waals surface area contributed by atoms with Crippen molar-refractivity contribution in [1.29, 1.82) is 0 Å². The van der Waals surface area contributed by atoms with Gasteiger partial charge in [0.05, 0.1) is 16.6 Å². The van der Waals surface area contributed by atoms with Gasteiger partial charge in [-0.05, 0) is 35.2 Å². The van der Waals surface area contributed by atoms with Gasteiger partial charge in [0.2, 0.25) is 0 Å². The highest BCUT2D eigenvalue weighted by atomic mass is 35.5. The van der Waals surface area contributed by atoms with Gasteiger partial charge in [-0.1, -0.05) is 59.6 Å². The third kappa shape index (κ3) is 5.10. The molecular weight excluding hydrogens is 405 g/mol. The topological polar surface area (TPSA) is 55.4 Å². The number of esters is 1. The SMILES string of the molecule is O=C(COC(=O)c1ccc(Cl)cc1Cl)NC(c1ccccc1)c1cccs1. The standard InChI is InChI=1S/C20H15Cl2NO3S/c21-14-8-9-15(16(22)11-14)20(25)26-12-18(24)23-19(17-7-4-10-27-17)13-5-2-1-3-6-13/h1-11,19H,12H2,(H,23,24). The van der Waals surface area contributed by atoms with E-state index in [4.69, 9.17) is 27.9 Å². The highest BCUT2D eigenvalue weighted by molar-refractivity contribution is 7.10. The number of hydrogen-bond donors (Lipinski definition) is 1. The molecular formula is C20H15Cl2NO3S. The maximum atomic E-state index is 12.4. The first-order valence-electron chi connectivity index (χ1n) is 8.04. The number of hydrogen-bond acceptors (Lipinski definition) is 4. The number of halogens is 2. The van der Waals surface area contributed by atoms with E-state index in [0.29, 0.717) is 5.02 Å². The Hall–Kier alpha value is -2.34. The van der Waals surface area contributed by atoms with E-state index in [-0.39, 0.29) is 16.6 Å². The minimum Gasteiger partial charge on any atom is -0.452 e. The molecule has 138 valence electrons. The summed E-state index contributed by atoms with van der Waals surface area (Å²) in [5, 5.41) is 5.44. The molecule has 0 aliphatic carbocycles. The number of rotatable bonds is 6. The van der Waals surface area contributed by atoms with Crippen LogP contribution in [0.4, 0.5) is 0 Å². The van der Waals surface area contributed by atoms with Crippen LogP contribution in [0, 0.1) is 0 Å². The predicted octanol–water partition coefficient (Wildman–Crippen LogP) is 5.12. The molecule has 1 heterocycles. The van der Waals surface area contributed by atoms with Gasteiger partial charge >= 0.3 is 5.97 Å². The Balaban J connectivity index is 1.65. The highest BCUT2D eigenvalue weighted by Gasteiger charge is 2.19. The van der Waals surface area contributed by atoms with Crippen LogP contribution >= 0.6 is 34.5 Å². The summed E-state index contributed by atoms with van der Waals surface area (Å²) in [6.07, 6.45) is 0. The molecule has 2 aromatic carbocycles. The van der Waals surface area contributed by atoms with Crippen molar-refractivity contribution >= 4 is 46.4 Å². The van der Waals surface area contributed by atoms with Crippen molar-refractivity contribution in [2.24, 2.45) is 0 Å². The molecule has 3 aromatic rings. The summed E-state index contributed by atoms with van der Waals surface area (Å²) >= 11 is 13.3. The number of thiophene rings is 1. The first-order chi connectivity index (χ1) is 13.0. The quantitative estimate of drug-likeness (QED) is 0.564. The summed E-state index contributed by atoms with van der Waals surface area (Å²) in [5.74, 6) is -1.09. The molecule has 0 aliphatic rings. The maximum absolute atomic E-state index is 12.4. The van der Waals surface area contributed by atoms with Crippen molar-refractivity contribution in [1.82, 2.24) is 5.32 Å². The Bertz CT molecular complexity index is 930. The lowest BCUT2D eigenvalue weighted by Crippen LogP contribution is -2.32. The van der Waals surface area contributed by atoms with Crippen molar-refractivity contribution in [3.63, 3.8) is 0 Å². The average Bonchev–Trinajstić information content (AvgIpc) is 3.19. The number of benzene rings is 2. The molecule has 0 fully saturated rings. The fraction of sp³-hybridized carbons (Fsp3) is 0.100. The van der Waals surface area contributed by atoms with Crippen molar-refractivity contribution < 1.29 is 14.3 Å². The molecule has 27 heavy (non-hydrogen) atoms. The lowest BCUT2D eigenvalue weighted by molar-refractivity contribution is -0.124. The molecule has 0 saturated carbocycles. The van der Waals surface area contributed by atoms with Crippen LogP contribution < -0.4 is 5.32 Å². The van der Waals surface area contributed by atoms with Crippen LogP contribution in [0.2, 0.25) is 10.0 Å². The Morgan fingerprint density at radius 3 is 2.48 bits per heavy atom. The minimum absolute atomic E-state index is 0.159. The van der Waals surface area contributed by atoms with Gasteiger partial charge in [-0.3, -0.25) is 4.79 Å². The monoisotopic (exact) mass is 419 g/mol. The Labute approximate surface area is 170 Å².